The summed E-state index contributed by atoms with van der Waals surface area (Å²) in [6.07, 6.45) is 5.30. The van der Waals surface area contributed by atoms with Crippen LogP contribution in [0.3, 0.4) is 0 Å². The van der Waals surface area contributed by atoms with Gasteiger partial charge in [-0.25, -0.2) is 4.98 Å². The minimum absolute atomic E-state index is 0.154. The van der Waals surface area contributed by atoms with E-state index in [2.05, 4.69) is 34.3 Å². The smallest absolute Gasteiger partial charge is 0.128 e. The highest BCUT2D eigenvalue weighted by Crippen LogP contribution is 2.22. The Bertz CT molecular complexity index is 416. The molecule has 0 aromatic carbocycles. The standard InChI is InChI=1S/C15H23N3O/c1-11-10-18(7-6-14(11)19)15-5-2-12(9-17-15)8-16-13-3-4-13/h2,5,9,11,13-14,16,19H,3-4,6-8,10H2,1H3. The SMILES string of the molecule is CC1CN(c2ccc(CNC3CC3)cn2)CCC1O. The van der Waals surface area contributed by atoms with Gasteiger partial charge in [0.15, 0.2) is 0 Å². The molecule has 1 saturated heterocycles. The Hall–Kier alpha value is -1.13. The van der Waals surface area contributed by atoms with Gasteiger partial charge in [0, 0.05) is 31.9 Å². The Morgan fingerprint density at radius 3 is 2.84 bits per heavy atom. The van der Waals surface area contributed by atoms with Gasteiger partial charge in [0.25, 0.3) is 0 Å². The summed E-state index contributed by atoms with van der Waals surface area (Å²) in [5, 5.41) is 13.3. The maximum Gasteiger partial charge on any atom is 0.128 e. The predicted octanol–water partition coefficient (Wildman–Crippen LogP) is 1.54. The molecule has 3 rings (SSSR count). The number of aliphatic hydroxyl groups is 1. The molecule has 19 heavy (non-hydrogen) atoms. The molecule has 1 aliphatic heterocycles. The van der Waals surface area contributed by atoms with Crippen LogP contribution >= 0.6 is 0 Å². The van der Waals surface area contributed by atoms with Crippen LogP contribution in [0.25, 0.3) is 0 Å². The summed E-state index contributed by atoms with van der Waals surface area (Å²) >= 11 is 0. The fourth-order valence-electron chi connectivity index (χ4n) is 2.60. The number of hydrogen-bond donors (Lipinski definition) is 2. The van der Waals surface area contributed by atoms with Crippen molar-refractivity contribution in [2.45, 2.75) is 44.9 Å². The molecular weight excluding hydrogens is 238 g/mol. The molecule has 0 radical (unpaired) electrons. The molecule has 1 aliphatic carbocycles. The molecule has 4 heteroatoms. The zero-order valence-electron chi connectivity index (χ0n) is 11.5. The monoisotopic (exact) mass is 261 g/mol. The highest BCUT2D eigenvalue weighted by molar-refractivity contribution is 5.40. The second-order valence-electron chi connectivity index (χ2n) is 5.96. The zero-order chi connectivity index (χ0) is 13.2. The molecule has 2 atom stereocenters. The van der Waals surface area contributed by atoms with Crippen molar-refractivity contribution < 1.29 is 5.11 Å². The van der Waals surface area contributed by atoms with Gasteiger partial charge in [0.05, 0.1) is 6.10 Å². The van der Waals surface area contributed by atoms with Crippen LogP contribution in [0, 0.1) is 5.92 Å². The number of anilines is 1. The Balaban J connectivity index is 1.58. The van der Waals surface area contributed by atoms with Crippen molar-refractivity contribution in [3.05, 3.63) is 23.9 Å². The number of nitrogens with zero attached hydrogens (tertiary/aromatic N) is 2. The fourth-order valence-corrected chi connectivity index (χ4v) is 2.60. The summed E-state index contributed by atoms with van der Waals surface area (Å²) in [5.41, 5.74) is 1.25. The van der Waals surface area contributed by atoms with Crippen molar-refractivity contribution in [2.24, 2.45) is 5.92 Å². The molecule has 104 valence electrons. The van der Waals surface area contributed by atoms with E-state index in [0.717, 1.165) is 37.9 Å². The number of aliphatic hydroxyl groups excluding tert-OH is 1. The van der Waals surface area contributed by atoms with E-state index in [9.17, 15) is 5.11 Å². The molecule has 1 aromatic rings. The van der Waals surface area contributed by atoms with Crippen LogP contribution in [-0.4, -0.2) is 35.3 Å². The lowest BCUT2D eigenvalue weighted by Gasteiger charge is -2.35. The van der Waals surface area contributed by atoms with Crippen molar-refractivity contribution in [3.8, 4) is 0 Å². The lowest BCUT2D eigenvalue weighted by molar-refractivity contribution is 0.0969. The molecule has 2 unspecified atom stereocenters. The molecule has 0 bridgehead atoms. The van der Waals surface area contributed by atoms with Crippen LogP contribution in [0.2, 0.25) is 0 Å². The molecule has 1 saturated carbocycles. The fraction of sp³-hybridized carbons (Fsp3) is 0.667. The normalized spacial score (nSPS) is 27.6. The molecule has 2 N–H and O–H groups in total. The maximum absolute atomic E-state index is 9.76. The summed E-state index contributed by atoms with van der Waals surface area (Å²) in [6, 6.07) is 5.01. The molecule has 1 aromatic heterocycles. The van der Waals surface area contributed by atoms with Gasteiger partial charge in [-0.3, -0.25) is 0 Å². The van der Waals surface area contributed by atoms with Crippen LogP contribution in [0.1, 0.15) is 31.7 Å². The Labute approximate surface area is 114 Å². The molecule has 0 spiro atoms. The Kier molecular flexibility index (Phi) is 3.71. The second kappa shape index (κ2) is 5.47. The van der Waals surface area contributed by atoms with E-state index in [1.807, 2.05) is 6.20 Å². The summed E-state index contributed by atoms with van der Waals surface area (Å²) in [7, 11) is 0. The number of piperidine rings is 1. The van der Waals surface area contributed by atoms with Crippen LogP contribution in [0.5, 0.6) is 0 Å². The van der Waals surface area contributed by atoms with E-state index in [1.165, 1.54) is 18.4 Å². The first-order chi connectivity index (χ1) is 9.22. The highest BCUT2D eigenvalue weighted by Gasteiger charge is 2.25. The summed E-state index contributed by atoms with van der Waals surface area (Å²) in [4.78, 5) is 6.84. The third-order valence-corrected chi connectivity index (χ3v) is 4.17. The number of rotatable bonds is 4. The summed E-state index contributed by atoms with van der Waals surface area (Å²) < 4.78 is 0. The van der Waals surface area contributed by atoms with Gasteiger partial charge in [-0.2, -0.15) is 0 Å². The third kappa shape index (κ3) is 3.25. The summed E-state index contributed by atoms with van der Waals surface area (Å²) in [6.45, 7) is 4.82. The van der Waals surface area contributed by atoms with Crippen molar-refractivity contribution in [1.29, 1.82) is 0 Å². The van der Waals surface area contributed by atoms with Crippen LogP contribution < -0.4 is 10.2 Å². The predicted molar refractivity (Wildman–Crippen MR) is 76.1 cm³/mol. The topological polar surface area (TPSA) is 48.4 Å². The van der Waals surface area contributed by atoms with Crippen molar-refractivity contribution in [1.82, 2.24) is 10.3 Å². The lowest BCUT2D eigenvalue weighted by atomic mass is 9.97. The Morgan fingerprint density at radius 2 is 2.21 bits per heavy atom. The number of nitrogens with one attached hydrogen (secondary N) is 1. The van der Waals surface area contributed by atoms with Crippen molar-refractivity contribution >= 4 is 5.82 Å². The minimum atomic E-state index is -0.154. The maximum atomic E-state index is 9.76. The molecule has 4 nitrogen and oxygen atoms in total. The lowest BCUT2D eigenvalue weighted by Crippen LogP contribution is -2.42. The van der Waals surface area contributed by atoms with Gasteiger partial charge in [-0.15, -0.1) is 0 Å². The van der Waals surface area contributed by atoms with E-state index in [-0.39, 0.29) is 6.10 Å². The van der Waals surface area contributed by atoms with Gasteiger partial charge in [-0.1, -0.05) is 13.0 Å². The molecule has 2 heterocycles. The van der Waals surface area contributed by atoms with E-state index in [0.29, 0.717) is 5.92 Å². The van der Waals surface area contributed by atoms with Crippen molar-refractivity contribution in [3.63, 3.8) is 0 Å². The second-order valence-corrected chi connectivity index (χ2v) is 5.96. The number of hydrogen-bond acceptors (Lipinski definition) is 4. The molecule has 0 amide bonds. The van der Waals surface area contributed by atoms with Crippen LogP contribution in [0.4, 0.5) is 5.82 Å². The summed E-state index contributed by atoms with van der Waals surface area (Å²) in [5.74, 6) is 1.36. The number of pyridine rings is 1. The molecule has 2 fully saturated rings. The average Bonchev–Trinajstić information content (AvgIpc) is 3.24. The van der Waals surface area contributed by atoms with Gasteiger partial charge < -0.3 is 15.3 Å². The Morgan fingerprint density at radius 1 is 1.37 bits per heavy atom. The van der Waals surface area contributed by atoms with E-state index in [1.54, 1.807) is 0 Å². The van der Waals surface area contributed by atoms with E-state index >= 15 is 0 Å². The van der Waals surface area contributed by atoms with Crippen LogP contribution in [-0.2, 0) is 6.54 Å². The van der Waals surface area contributed by atoms with Crippen LogP contribution in [0.15, 0.2) is 18.3 Å². The zero-order valence-corrected chi connectivity index (χ0v) is 11.5. The first-order valence-corrected chi connectivity index (χ1v) is 7.33. The first kappa shape index (κ1) is 12.9. The quantitative estimate of drug-likeness (QED) is 0.863. The molecule has 2 aliphatic rings. The minimum Gasteiger partial charge on any atom is -0.393 e. The molecular formula is C15H23N3O. The third-order valence-electron chi connectivity index (χ3n) is 4.17. The largest absolute Gasteiger partial charge is 0.393 e. The van der Waals surface area contributed by atoms with E-state index < -0.39 is 0 Å². The van der Waals surface area contributed by atoms with Gasteiger partial charge in [0.2, 0.25) is 0 Å². The van der Waals surface area contributed by atoms with Gasteiger partial charge in [0.1, 0.15) is 5.82 Å². The first-order valence-electron chi connectivity index (χ1n) is 7.33. The van der Waals surface area contributed by atoms with Crippen molar-refractivity contribution in [2.75, 3.05) is 18.0 Å². The average molecular weight is 261 g/mol. The van der Waals surface area contributed by atoms with Gasteiger partial charge >= 0.3 is 0 Å². The highest BCUT2D eigenvalue weighted by atomic mass is 16.3. The van der Waals surface area contributed by atoms with E-state index in [4.69, 9.17) is 0 Å². The number of aromatic nitrogens is 1. The van der Waals surface area contributed by atoms with Gasteiger partial charge in [-0.05, 0) is 36.8 Å².